The summed E-state index contributed by atoms with van der Waals surface area (Å²) in [6.45, 7) is 6.14. The van der Waals surface area contributed by atoms with Crippen molar-refractivity contribution in [2.45, 2.75) is 33.4 Å². The van der Waals surface area contributed by atoms with Gasteiger partial charge in [0.25, 0.3) is 11.8 Å². The number of hydrazone groups is 1. The standard InChI is InChI=1S/C28H30ClN3O4/c1-18(2)26(31-27(33)22-9-11-23(29)12-10-22)28(34)32-30-16-20-8-13-24(25(15-20)35-4)36-17-21-7-5-6-19(3)14-21/h5-16,18,26H,17H2,1-4H3,(H,31,33)(H,32,34). The Labute approximate surface area is 216 Å². The number of nitrogens with zero attached hydrogens (tertiary/aromatic N) is 1. The zero-order chi connectivity index (χ0) is 26.1. The van der Waals surface area contributed by atoms with Crippen LogP contribution in [0.1, 0.15) is 40.9 Å². The Bertz CT molecular complexity index is 1230. The molecular weight excluding hydrogens is 478 g/mol. The fourth-order valence-corrected chi connectivity index (χ4v) is 3.57. The third kappa shape index (κ3) is 7.58. The second-order valence-electron chi connectivity index (χ2n) is 8.62. The van der Waals surface area contributed by atoms with Crippen molar-refractivity contribution in [1.29, 1.82) is 0 Å². The van der Waals surface area contributed by atoms with E-state index < -0.39 is 11.9 Å². The fraction of sp³-hybridized carbons (Fsp3) is 0.250. The molecule has 3 aromatic rings. The number of methoxy groups -OCH3 is 1. The number of amides is 2. The SMILES string of the molecule is COc1cc(C=NNC(=O)C(NC(=O)c2ccc(Cl)cc2)C(C)C)ccc1OCc1cccc(C)c1. The molecule has 0 aliphatic rings. The number of hydrogen-bond acceptors (Lipinski definition) is 5. The van der Waals surface area contributed by atoms with Crippen molar-refractivity contribution in [3.8, 4) is 11.5 Å². The molecule has 0 saturated heterocycles. The van der Waals surface area contributed by atoms with Gasteiger partial charge in [-0.3, -0.25) is 9.59 Å². The Morgan fingerprint density at radius 3 is 2.44 bits per heavy atom. The summed E-state index contributed by atoms with van der Waals surface area (Å²) in [6, 6.07) is 19.2. The lowest BCUT2D eigenvalue weighted by Crippen LogP contribution is -2.48. The molecule has 0 aliphatic heterocycles. The average Bonchev–Trinajstić information content (AvgIpc) is 2.86. The van der Waals surface area contributed by atoms with E-state index in [-0.39, 0.29) is 11.8 Å². The molecule has 3 aromatic carbocycles. The van der Waals surface area contributed by atoms with Crippen LogP contribution in [-0.2, 0) is 11.4 Å². The fourth-order valence-electron chi connectivity index (χ4n) is 3.45. The van der Waals surface area contributed by atoms with Crippen molar-refractivity contribution >= 4 is 29.6 Å². The third-order valence-corrected chi connectivity index (χ3v) is 5.65. The molecule has 1 unspecified atom stereocenters. The molecule has 1 atom stereocenters. The van der Waals surface area contributed by atoms with Crippen LogP contribution in [-0.4, -0.2) is 31.2 Å². The van der Waals surface area contributed by atoms with Crippen molar-refractivity contribution in [2.75, 3.05) is 7.11 Å². The zero-order valence-electron chi connectivity index (χ0n) is 20.7. The van der Waals surface area contributed by atoms with E-state index in [9.17, 15) is 9.59 Å². The molecule has 0 spiro atoms. The summed E-state index contributed by atoms with van der Waals surface area (Å²) in [4.78, 5) is 25.2. The van der Waals surface area contributed by atoms with E-state index in [2.05, 4.69) is 21.9 Å². The second kappa shape index (κ2) is 12.7. The first kappa shape index (κ1) is 26.8. The summed E-state index contributed by atoms with van der Waals surface area (Å²) in [5, 5.41) is 7.34. The lowest BCUT2D eigenvalue weighted by Gasteiger charge is -2.20. The van der Waals surface area contributed by atoms with Gasteiger partial charge in [-0.15, -0.1) is 0 Å². The van der Waals surface area contributed by atoms with Gasteiger partial charge in [-0.05, 0) is 66.4 Å². The van der Waals surface area contributed by atoms with Gasteiger partial charge in [0.2, 0.25) is 0 Å². The number of hydrogen-bond donors (Lipinski definition) is 2. The highest BCUT2D eigenvalue weighted by molar-refractivity contribution is 6.30. The maximum absolute atomic E-state index is 12.7. The molecule has 0 saturated carbocycles. The molecule has 0 fully saturated rings. The van der Waals surface area contributed by atoms with Gasteiger partial charge >= 0.3 is 0 Å². The lowest BCUT2D eigenvalue weighted by molar-refractivity contribution is -0.123. The van der Waals surface area contributed by atoms with Gasteiger partial charge in [0.1, 0.15) is 12.6 Å². The van der Waals surface area contributed by atoms with Gasteiger partial charge in [-0.25, -0.2) is 5.43 Å². The molecule has 0 heterocycles. The van der Waals surface area contributed by atoms with E-state index in [0.29, 0.717) is 34.3 Å². The number of rotatable bonds is 10. The number of halogens is 1. The normalized spacial score (nSPS) is 11.8. The Balaban J connectivity index is 1.60. The Morgan fingerprint density at radius 1 is 1.03 bits per heavy atom. The van der Waals surface area contributed by atoms with Crippen molar-refractivity contribution in [1.82, 2.24) is 10.7 Å². The molecule has 0 radical (unpaired) electrons. The van der Waals surface area contributed by atoms with E-state index in [1.165, 1.54) is 11.8 Å². The van der Waals surface area contributed by atoms with Crippen LogP contribution in [0, 0.1) is 12.8 Å². The van der Waals surface area contributed by atoms with Crippen LogP contribution in [0.25, 0.3) is 0 Å². The van der Waals surface area contributed by atoms with Gasteiger partial charge < -0.3 is 14.8 Å². The number of aryl methyl sites for hydroxylation is 1. The average molecular weight is 508 g/mol. The molecule has 36 heavy (non-hydrogen) atoms. The molecule has 7 nitrogen and oxygen atoms in total. The van der Waals surface area contributed by atoms with Crippen LogP contribution in [0.5, 0.6) is 11.5 Å². The van der Waals surface area contributed by atoms with E-state index in [1.54, 1.807) is 43.5 Å². The molecule has 188 valence electrons. The maximum atomic E-state index is 12.7. The van der Waals surface area contributed by atoms with Crippen LogP contribution in [0.2, 0.25) is 5.02 Å². The summed E-state index contributed by atoms with van der Waals surface area (Å²) >= 11 is 5.88. The molecule has 0 aromatic heterocycles. The molecule has 8 heteroatoms. The van der Waals surface area contributed by atoms with E-state index in [4.69, 9.17) is 21.1 Å². The summed E-state index contributed by atoms with van der Waals surface area (Å²) in [7, 11) is 1.56. The molecule has 0 aliphatic carbocycles. The summed E-state index contributed by atoms with van der Waals surface area (Å²) in [6.07, 6.45) is 1.50. The van der Waals surface area contributed by atoms with Crippen LogP contribution in [0.4, 0.5) is 0 Å². The minimum atomic E-state index is -0.766. The first-order valence-corrected chi connectivity index (χ1v) is 11.9. The zero-order valence-corrected chi connectivity index (χ0v) is 21.5. The van der Waals surface area contributed by atoms with Crippen LogP contribution in [0.15, 0.2) is 71.8 Å². The first-order chi connectivity index (χ1) is 17.3. The third-order valence-electron chi connectivity index (χ3n) is 5.40. The van der Waals surface area contributed by atoms with Gasteiger partial charge in [0.05, 0.1) is 13.3 Å². The summed E-state index contributed by atoms with van der Waals surface area (Å²) in [5.41, 5.74) is 5.86. The van der Waals surface area contributed by atoms with E-state index >= 15 is 0 Å². The number of carbonyl (C=O) groups is 2. The quantitative estimate of drug-likeness (QED) is 0.294. The summed E-state index contributed by atoms with van der Waals surface area (Å²) in [5.74, 6) is 0.212. The molecule has 3 rings (SSSR count). The van der Waals surface area contributed by atoms with Crippen molar-refractivity contribution in [3.05, 3.63) is 94.0 Å². The highest BCUT2D eigenvalue weighted by atomic mass is 35.5. The summed E-state index contributed by atoms with van der Waals surface area (Å²) < 4.78 is 11.4. The Morgan fingerprint density at radius 2 is 1.78 bits per heavy atom. The molecular formula is C28H30ClN3O4. The van der Waals surface area contributed by atoms with Gasteiger partial charge in [-0.1, -0.05) is 55.3 Å². The predicted octanol–water partition coefficient (Wildman–Crippen LogP) is 5.14. The highest BCUT2D eigenvalue weighted by Crippen LogP contribution is 2.28. The van der Waals surface area contributed by atoms with Crippen LogP contribution >= 0.6 is 11.6 Å². The Kier molecular flexibility index (Phi) is 9.47. The largest absolute Gasteiger partial charge is 0.493 e. The first-order valence-electron chi connectivity index (χ1n) is 11.5. The lowest BCUT2D eigenvalue weighted by atomic mass is 10.0. The minimum Gasteiger partial charge on any atom is -0.493 e. The van der Waals surface area contributed by atoms with Gasteiger partial charge in [-0.2, -0.15) is 5.10 Å². The maximum Gasteiger partial charge on any atom is 0.262 e. The molecule has 2 N–H and O–H groups in total. The van der Waals surface area contributed by atoms with Gasteiger partial charge in [0.15, 0.2) is 11.5 Å². The van der Waals surface area contributed by atoms with E-state index in [1.807, 2.05) is 45.0 Å². The Hall–Kier alpha value is -3.84. The monoisotopic (exact) mass is 507 g/mol. The van der Waals surface area contributed by atoms with Crippen molar-refractivity contribution in [2.24, 2.45) is 11.0 Å². The predicted molar refractivity (Wildman–Crippen MR) is 142 cm³/mol. The topological polar surface area (TPSA) is 89.0 Å². The highest BCUT2D eigenvalue weighted by Gasteiger charge is 2.24. The number of ether oxygens (including phenoxy) is 2. The van der Waals surface area contributed by atoms with Crippen molar-refractivity contribution < 1.29 is 19.1 Å². The van der Waals surface area contributed by atoms with Crippen LogP contribution < -0.4 is 20.2 Å². The van der Waals surface area contributed by atoms with E-state index in [0.717, 1.165) is 5.56 Å². The number of nitrogens with one attached hydrogen (secondary N) is 2. The smallest absolute Gasteiger partial charge is 0.262 e. The molecule has 2 amide bonds. The van der Waals surface area contributed by atoms with Gasteiger partial charge in [0, 0.05) is 10.6 Å². The van der Waals surface area contributed by atoms with Crippen molar-refractivity contribution in [3.63, 3.8) is 0 Å². The minimum absolute atomic E-state index is 0.152. The number of benzene rings is 3. The molecule has 0 bridgehead atoms. The van der Waals surface area contributed by atoms with Crippen LogP contribution in [0.3, 0.4) is 0 Å². The second-order valence-corrected chi connectivity index (χ2v) is 9.06. The number of carbonyl (C=O) groups excluding carboxylic acids is 2.